The van der Waals surface area contributed by atoms with Crippen LogP contribution in [0.2, 0.25) is 0 Å². The number of likely N-dealkylation sites (tertiary alicyclic amines) is 1. The molecule has 7 nitrogen and oxygen atoms in total. The second kappa shape index (κ2) is 10.1. The lowest BCUT2D eigenvalue weighted by Gasteiger charge is -2.45. The lowest BCUT2D eigenvalue weighted by atomic mass is 9.77. The van der Waals surface area contributed by atoms with Gasteiger partial charge >= 0.3 is 6.02 Å². The van der Waals surface area contributed by atoms with Crippen LogP contribution in [-0.4, -0.2) is 84.8 Å². The van der Waals surface area contributed by atoms with Crippen molar-refractivity contribution in [1.29, 1.82) is 0 Å². The smallest absolute Gasteiger partial charge is 0.313 e. The summed E-state index contributed by atoms with van der Waals surface area (Å²) in [7, 11) is 0. The van der Waals surface area contributed by atoms with Gasteiger partial charge < -0.3 is 10.1 Å². The van der Waals surface area contributed by atoms with E-state index >= 15 is 4.39 Å². The van der Waals surface area contributed by atoms with Crippen LogP contribution in [0, 0.1) is 17.3 Å². The first-order chi connectivity index (χ1) is 19.4. The molecular weight excluding hydrogens is 515 g/mol. The molecule has 0 amide bonds. The number of ether oxygens (including phenoxy) is 1. The summed E-state index contributed by atoms with van der Waals surface area (Å²) >= 11 is 0. The first-order valence-electron chi connectivity index (χ1n) is 15.5. The van der Waals surface area contributed by atoms with E-state index in [0.717, 1.165) is 57.5 Å². The number of hydrogen-bond donors (Lipinski definition) is 1. The molecule has 8 heteroatoms. The SMILES string of the molecule is C.C[C@H]1C[C@H]1c1ccccc1C1=C(F)C2=NC(OCC34CCCN3CCC4)=NC(N3CC4CNC(C4)C3)C2(C)C=N1.[HH]. The van der Waals surface area contributed by atoms with Crippen molar-refractivity contribution in [2.24, 2.45) is 32.2 Å². The van der Waals surface area contributed by atoms with Crippen LogP contribution in [0.5, 0.6) is 0 Å². The second-order valence-electron chi connectivity index (χ2n) is 13.7. The summed E-state index contributed by atoms with van der Waals surface area (Å²) in [5.74, 6) is 1.36. The highest BCUT2D eigenvalue weighted by molar-refractivity contribution is 6.22. The van der Waals surface area contributed by atoms with Crippen molar-refractivity contribution in [3.63, 3.8) is 0 Å². The van der Waals surface area contributed by atoms with Crippen molar-refractivity contribution in [3.8, 4) is 0 Å². The number of aliphatic imine (C=N–C) groups is 3. The van der Waals surface area contributed by atoms with Crippen LogP contribution in [0.15, 0.2) is 45.1 Å². The Balaban J connectivity index is 0.00000158. The molecule has 222 valence electrons. The molecule has 1 saturated carbocycles. The molecule has 5 fully saturated rings. The minimum absolute atomic E-state index is 0. The first-order valence-corrected chi connectivity index (χ1v) is 15.5. The molecule has 4 saturated heterocycles. The Morgan fingerprint density at radius 1 is 1.15 bits per heavy atom. The van der Waals surface area contributed by atoms with E-state index in [2.05, 4.69) is 41.1 Å². The molecule has 0 radical (unpaired) electrons. The number of halogens is 1. The van der Waals surface area contributed by atoms with Gasteiger partial charge in [-0.2, -0.15) is 4.99 Å². The van der Waals surface area contributed by atoms with Gasteiger partial charge in [0.1, 0.15) is 18.5 Å². The topological polar surface area (TPSA) is 64.8 Å². The van der Waals surface area contributed by atoms with Crippen molar-refractivity contribution >= 4 is 23.6 Å². The number of nitrogens with one attached hydrogen (secondary N) is 1. The lowest BCUT2D eigenvalue weighted by molar-refractivity contribution is 0.0898. The maximum atomic E-state index is 16.8. The summed E-state index contributed by atoms with van der Waals surface area (Å²) in [6.45, 7) is 10.1. The standard InChI is InChI=1S/C32H41FN6O.CH4.H2/c1-20-13-25(20)23-7-3-4-8-24(23)27-26(33)28-31(2,18-35-27)29(38-16-21-14-22(17-38)34-15-21)37-30(36-28)40-19-32-9-5-11-39(32)12-6-10-32;;/h3-4,7-8,18,20-22,25,29,34H,5-6,9-17,19H2,1-2H3;1H4;1H/t20-,21?,22?,25+,29?,31?;;/m0../s1. The van der Waals surface area contributed by atoms with E-state index in [-0.39, 0.29) is 26.4 Å². The van der Waals surface area contributed by atoms with Crippen LogP contribution < -0.4 is 5.32 Å². The number of piperidine rings is 1. The quantitative estimate of drug-likeness (QED) is 0.515. The number of hydrogen-bond acceptors (Lipinski definition) is 7. The van der Waals surface area contributed by atoms with Crippen LogP contribution >= 0.6 is 0 Å². The van der Waals surface area contributed by atoms with Crippen molar-refractivity contribution < 1.29 is 10.6 Å². The maximum Gasteiger partial charge on any atom is 0.313 e. The van der Waals surface area contributed by atoms with Crippen LogP contribution in [0.1, 0.15) is 78.3 Å². The fourth-order valence-electron chi connectivity index (χ4n) is 8.63. The first kappa shape index (κ1) is 27.4. The molecule has 6 atom stereocenters. The molecule has 0 aromatic heterocycles. The largest absolute Gasteiger partial charge is 0.462 e. The summed E-state index contributed by atoms with van der Waals surface area (Å²) in [6, 6.07) is 8.99. The highest BCUT2D eigenvalue weighted by Crippen LogP contribution is 2.50. The highest BCUT2D eigenvalue weighted by atomic mass is 19.1. The number of rotatable bonds is 5. The van der Waals surface area contributed by atoms with Gasteiger partial charge in [0.05, 0.1) is 16.7 Å². The average Bonchev–Trinajstić information content (AvgIpc) is 3.22. The van der Waals surface area contributed by atoms with Crippen molar-refractivity contribution in [2.75, 3.05) is 39.3 Å². The number of benzene rings is 1. The zero-order valence-electron chi connectivity index (χ0n) is 23.8. The Morgan fingerprint density at radius 2 is 1.93 bits per heavy atom. The van der Waals surface area contributed by atoms with Gasteiger partial charge in [0.2, 0.25) is 0 Å². The number of allylic oxidation sites excluding steroid dienone is 1. The lowest BCUT2D eigenvalue weighted by Crippen LogP contribution is -2.58. The summed E-state index contributed by atoms with van der Waals surface area (Å²) in [4.78, 5) is 19.9. The van der Waals surface area contributed by atoms with Crippen LogP contribution in [-0.2, 0) is 4.74 Å². The number of nitrogens with zero attached hydrogens (tertiary/aromatic N) is 5. The Morgan fingerprint density at radius 3 is 2.68 bits per heavy atom. The fraction of sp³-hybridized carbons (Fsp3) is 0.667. The monoisotopic (exact) mass is 562 g/mol. The molecule has 41 heavy (non-hydrogen) atoms. The minimum Gasteiger partial charge on any atom is -0.462 e. The van der Waals surface area contributed by atoms with E-state index in [1.54, 1.807) is 0 Å². The Kier molecular flexibility index (Phi) is 6.75. The minimum atomic E-state index is -0.760. The van der Waals surface area contributed by atoms with E-state index in [4.69, 9.17) is 19.7 Å². The molecule has 2 bridgehead atoms. The normalized spacial score (nSPS) is 37.3. The van der Waals surface area contributed by atoms with Crippen LogP contribution in [0.25, 0.3) is 5.70 Å². The Bertz CT molecular complexity index is 1320. The molecule has 6 aliphatic heterocycles. The average molecular weight is 563 g/mol. The van der Waals surface area contributed by atoms with Crippen LogP contribution in [0.4, 0.5) is 4.39 Å². The molecule has 1 N–H and O–H groups in total. The molecular formula is C33H47FN6O. The van der Waals surface area contributed by atoms with E-state index in [1.165, 1.54) is 24.8 Å². The zero-order chi connectivity index (χ0) is 27.1. The summed E-state index contributed by atoms with van der Waals surface area (Å²) in [5.41, 5.74) is 2.24. The Labute approximate surface area is 245 Å². The molecule has 8 rings (SSSR count). The number of fused-ring (bicyclic) bond motifs is 4. The molecule has 0 spiro atoms. The molecule has 1 aromatic carbocycles. The van der Waals surface area contributed by atoms with Crippen LogP contribution in [0.3, 0.4) is 0 Å². The highest BCUT2D eigenvalue weighted by Gasteiger charge is 2.52. The van der Waals surface area contributed by atoms with Gasteiger partial charge in [-0.25, -0.2) is 9.38 Å². The van der Waals surface area contributed by atoms with E-state index < -0.39 is 5.41 Å². The van der Waals surface area contributed by atoms with Gasteiger partial charge in [0, 0.05) is 32.3 Å². The second-order valence-corrected chi connectivity index (χ2v) is 13.7. The van der Waals surface area contributed by atoms with E-state index in [9.17, 15) is 0 Å². The maximum absolute atomic E-state index is 16.8. The molecule has 1 aromatic rings. The predicted molar refractivity (Wildman–Crippen MR) is 165 cm³/mol. The predicted octanol–water partition coefficient (Wildman–Crippen LogP) is 5.50. The Hall–Kier alpha value is -2.42. The molecule has 1 aliphatic carbocycles. The van der Waals surface area contributed by atoms with Gasteiger partial charge in [-0.1, -0.05) is 38.6 Å². The fourth-order valence-corrected chi connectivity index (χ4v) is 8.63. The van der Waals surface area contributed by atoms with Crippen molar-refractivity contribution in [1.82, 2.24) is 15.1 Å². The van der Waals surface area contributed by atoms with Gasteiger partial charge in [0.15, 0.2) is 5.83 Å². The number of amidine groups is 1. The van der Waals surface area contributed by atoms with Gasteiger partial charge in [-0.15, -0.1) is 0 Å². The third-order valence-corrected chi connectivity index (χ3v) is 11.0. The molecule has 4 unspecified atom stereocenters. The molecule has 7 aliphatic rings. The van der Waals surface area contributed by atoms with Gasteiger partial charge in [0.25, 0.3) is 0 Å². The van der Waals surface area contributed by atoms with Crippen molar-refractivity contribution in [3.05, 3.63) is 41.2 Å². The third kappa shape index (κ3) is 4.43. The summed E-state index contributed by atoms with van der Waals surface area (Å²) < 4.78 is 23.3. The summed E-state index contributed by atoms with van der Waals surface area (Å²) in [5, 5.41) is 3.66. The van der Waals surface area contributed by atoms with Crippen molar-refractivity contribution in [2.45, 2.75) is 83.5 Å². The summed E-state index contributed by atoms with van der Waals surface area (Å²) in [6.07, 6.45) is 8.72. The van der Waals surface area contributed by atoms with E-state index in [1.807, 2.05) is 18.3 Å². The molecule has 6 heterocycles. The van der Waals surface area contributed by atoms with Gasteiger partial charge in [-0.05, 0) is 88.4 Å². The van der Waals surface area contributed by atoms with Gasteiger partial charge in [-0.3, -0.25) is 14.8 Å². The van der Waals surface area contributed by atoms with E-state index in [0.29, 0.717) is 47.8 Å². The zero-order valence-corrected chi connectivity index (χ0v) is 23.8. The third-order valence-electron chi connectivity index (χ3n) is 11.0.